The van der Waals surface area contributed by atoms with Gasteiger partial charge in [-0.1, -0.05) is 13.8 Å². The maximum Gasteiger partial charge on any atom is 0.408 e. The van der Waals surface area contributed by atoms with E-state index in [1.54, 1.807) is 7.05 Å². The molecule has 9 heteroatoms. The summed E-state index contributed by atoms with van der Waals surface area (Å²) < 4.78 is 5.40. The zero-order chi connectivity index (χ0) is 21.2. The minimum atomic E-state index is -0.534. The van der Waals surface area contributed by atoms with Crippen molar-refractivity contribution in [2.45, 2.75) is 90.3 Å². The zero-order valence-corrected chi connectivity index (χ0v) is 21.1. The standard InChI is InChI=1S/C20H39N5O3.HI/c1-7-20(8-2,25-18(27)28-19(3,4)5)14-23-17(21-6)22-13-9-10-16(26)24-15-11-12-15;/h15H,7-14H2,1-6H3,(H,24,26)(H,25,27)(H2,21,22,23);1H. The summed E-state index contributed by atoms with van der Waals surface area (Å²) >= 11 is 0. The van der Waals surface area contributed by atoms with Crippen molar-refractivity contribution < 1.29 is 14.3 Å². The number of guanidine groups is 1. The normalized spacial score (nSPS) is 14.5. The first-order valence-corrected chi connectivity index (χ1v) is 10.4. The highest BCUT2D eigenvalue weighted by molar-refractivity contribution is 14.0. The molecule has 29 heavy (non-hydrogen) atoms. The number of alkyl carbamates (subject to hydrolysis) is 1. The molecular formula is C20H40IN5O3. The van der Waals surface area contributed by atoms with Crippen LogP contribution in [0.2, 0.25) is 0 Å². The summed E-state index contributed by atoms with van der Waals surface area (Å²) in [7, 11) is 1.70. The fraction of sp³-hybridized carbons (Fsp3) is 0.850. The Bertz CT molecular complexity index is 541. The number of carbonyl (C=O) groups is 2. The lowest BCUT2D eigenvalue weighted by Gasteiger charge is -2.34. The smallest absolute Gasteiger partial charge is 0.408 e. The lowest BCUT2D eigenvalue weighted by Crippen LogP contribution is -2.57. The van der Waals surface area contributed by atoms with Gasteiger partial charge in [0, 0.05) is 32.6 Å². The molecule has 1 fully saturated rings. The van der Waals surface area contributed by atoms with Gasteiger partial charge in [0.05, 0.1) is 5.54 Å². The molecule has 0 heterocycles. The quantitative estimate of drug-likeness (QED) is 0.152. The van der Waals surface area contributed by atoms with E-state index < -0.39 is 17.2 Å². The van der Waals surface area contributed by atoms with Gasteiger partial charge in [0.2, 0.25) is 5.91 Å². The molecule has 1 aliphatic carbocycles. The van der Waals surface area contributed by atoms with Crippen LogP contribution in [0.1, 0.15) is 73.1 Å². The van der Waals surface area contributed by atoms with Crippen molar-refractivity contribution in [1.29, 1.82) is 0 Å². The second-order valence-corrected chi connectivity index (χ2v) is 8.41. The molecule has 0 atom stereocenters. The van der Waals surface area contributed by atoms with Gasteiger partial charge in [0.1, 0.15) is 5.60 Å². The van der Waals surface area contributed by atoms with E-state index in [1.807, 2.05) is 34.6 Å². The number of aliphatic imine (C=N–C) groups is 1. The summed E-state index contributed by atoms with van der Waals surface area (Å²) in [6.45, 7) is 10.8. The van der Waals surface area contributed by atoms with Crippen LogP contribution >= 0.6 is 24.0 Å². The minimum absolute atomic E-state index is 0. The van der Waals surface area contributed by atoms with E-state index >= 15 is 0 Å². The summed E-state index contributed by atoms with van der Waals surface area (Å²) in [5.41, 5.74) is -0.960. The van der Waals surface area contributed by atoms with Crippen LogP contribution in [0.15, 0.2) is 4.99 Å². The summed E-state index contributed by atoms with van der Waals surface area (Å²) in [5.74, 6) is 0.768. The third-order valence-electron chi connectivity index (χ3n) is 4.75. The van der Waals surface area contributed by atoms with E-state index in [9.17, 15) is 9.59 Å². The second-order valence-electron chi connectivity index (χ2n) is 8.41. The van der Waals surface area contributed by atoms with Crippen LogP contribution in [-0.4, -0.2) is 55.3 Å². The number of amides is 2. The Morgan fingerprint density at radius 1 is 1.10 bits per heavy atom. The number of rotatable bonds is 10. The van der Waals surface area contributed by atoms with Crippen molar-refractivity contribution >= 4 is 41.9 Å². The number of carbonyl (C=O) groups excluding carboxylic acids is 2. The molecule has 0 spiro atoms. The topological polar surface area (TPSA) is 104 Å². The minimum Gasteiger partial charge on any atom is -0.444 e. The van der Waals surface area contributed by atoms with E-state index in [0.717, 1.165) is 32.1 Å². The van der Waals surface area contributed by atoms with Gasteiger partial charge in [-0.3, -0.25) is 9.79 Å². The third kappa shape index (κ3) is 12.1. The number of hydrogen-bond acceptors (Lipinski definition) is 4. The first-order valence-electron chi connectivity index (χ1n) is 10.4. The zero-order valence-electron chi connectivity index (χ0n) is 18.8. The van der Waals surface area contributed by atoms with E-state index in [-0.39, 0.29) is 29.9 Å². The summed E-state index contributed by atoms with van der Waals surface area (Å²) in [6, 6.07) is 0.406. The van der Waals surface area contributed by atoms with Gasteiger partial charge in [0.25, 0.3) is 0 Å². The van der Waals surface area contributed by atoms with Crippen LogP contribution in [0, 0.1) is 0 Å². The molecule has 1 rings (SSSR count). The van der Waals surface area contributed by atoms with Crippen LogP contribution in [0.25, 0.3) is 0 Å². The monoisotopic (exact) mass is 525 g/mol. The highest BCUT2D eigenvalue weighted by atomic mass is 127. The first-order chi connectivity index (χ1) is 13.1. The number of nitrogens with one attached hydrogen (secondary N) is 4. The molecule has 0 aromatic rings. The number of halogens is 1. The van der Waals surface area contributed by atoms with E-state index in [0.29, 0.717) is 31.5 Å². The van der Waals surface area contributed by atoms with Crippen LogP contribution in [-0.2, 0) is 9.53 Å². The summed E-state index contributed by atoms with van der Waals surface area (Å²) in [4.78, 5) is 28.1. The van der Waals surface area contributed by atoms with Gasteiger partial charge < -0.3 is 26.0 Å². The molecule has 0 unspecified atom stereocenters. The SMILES string of the molecule is CCC(CC)(CNC(=NC)NCCCC(=O)NC1CC1)NC(=O)OC(C)(C)C.I. The third-order valence-corrected chi connectivity index (χ3v) is 4.75. The van der Waals surface area contributed by atoms with Crippen molar-refractivity contribution in [3.63, 3.8) is 0 Å². The van der Waals surface area contributed by atoms with Crippen molar-refractivity contribution in [1.82, 2.24) is 21.3 Å². The van der Waals surface area contributed by atoms with Gasteiger partial charge >= 0.3 is 6.09 Å². The summed E-state index contributed by atoms with van der Waals surface area (Å²) in [5, 5.41) is 12.5. The molecule has 0 aromatic carbocycles. The fourth-order valence-corrected chi connectivity index (χ4v) is 2.70. The van der Waals surface area contributed by atoms with E-state index in [1.165, 1.54) is 0 Å². The average Bonchev–Trinajstić information content (AvgIpc) is 3.42. The Balaban J connectivity index is 0.00000784. The predicted molar refractivity (Wildman–Crippen MR) is 128 cm³/mol. The van der Waals surface area contributed by atoms with Gasteiger partial charge in [-0.25, -0.2) is 4.79 Å². The lowest BCUT2D eigenvalue weighted by molar-refractivity contribution is -0.121. The van der Waals surface area contributed by atoms with Crippen molar-refractivity contribution in [2.24, 2.45) is 4.99 Å². The van der Waals surface area contributed by atoms with Gasteiger partial charge in [-0.15, -0.1) is 24.0 Å². The maximum atomic E-state index is 12.2. The summed E-state index contributed by atoms with van der Waals surface area (Å²) in [6.07, 6.45) is 4.56. The van der Waals surface area contributed by atoms with Crippen LogP contribution in [0.4, 0.5) is 4.79 Å². The van der Waals surface area contributed by atoms with Crippen molar-refractivity contribution in [3.8, 4) is 0 Å². The Labute approximate surface area is 192 Å². The Morgan fingerprint density at radius 3 is 2.21 bits per heavy atom. The largest absolute Gasteiger partial charge is 0.444 e. The van der Waals surface area contributed by atoms with Gasteiger partial charge in [0.15, 0.2) is 5.96 Å². The molecule has 2 amide bonds. The fourth-order valence-electron chi connectivity index (χ4n) is 2.70. The molecule has 0 radical (unpaired) electrons. The van der Waals surface area contributed by atoms with E-state index in [2.05, 4.69) is 26.3 Å². The lowest BCUT2D eigenvalue weighted by atomic mass is 9.93. The Hall–Kier alpha value is -1.26. The average molecular weight is 525 g/mol. The van der Waals surface area contributed by atoms with Crippen LogP contribution in [0.5, 0.6) is 0 Å². The number of hydrogen-bond donors (Lipinski definition) is 4. The molecule has 1 aliphatic rings. The maximum absolute atomic E-state index is 12.2. The molecule has 170 valence electrons. The molecule has 0 aliphatic heterocycles. The highest BCUT2D eigenvalue weighted by Crippen LogP contribution is 2.18. The molecule has 0 saturated heterocycles. The molecule has 1 saturated carbocycles. The number of ether oxygens (including phenoxy) is 1. The molecule has 4 N–H and O–H groups in total. The van der Waals surface area contributed by atoms with Crippen LogP contribution < -0.4 is 21.3 Å². The molecular weight excluding hydrogens is 485 g/mol. The molecule has 0 bridgehead atoms. The van der Waals surface area contributed by atoms with Gasteiger partial charge in [-0.2, -0.15) is 0 Å². The highest BCUT2D eigenvalue weighted by Gasteiger charge is 2.30. The van der Waals surface area contributed by atoms with Crippen LogP contribution in [0.3, 0.4) is 0 Å². The van der Waals surface area contributed by atoms with Crippen molar-refractivity contribution in [2.75, 3.05) is 20.1 Å². The molecule has 0 aromatic heterocycles. The van der Waals surface area contributed by atoms with Gasteiger partial charge in [-0.05, 0) is 52.9 Å². The van der Waals surface area contributed by atoms with Crippen molar-refractivity contribution in [3.05, 3.63) is 0 Å². The predicted octanol–water partition coefficient (Wildman–Crippen LogP) is 2.91. The Morgan fingerprint density at radius 2 is 1.72 bits per heavy atom. The first kappa shape index (κ1) is 27.7. The van der Waals surface area contributed by atoms with E-state index in [4.69, 9.17) is 4.74 Å². The number of nitrogens with zero attached hydrogens (tertiary/aromatic N) is 1. The second kappa shape index (κ2) is 13.1. The Kier molecular flexibility index (Phi) is 12.6. The molecule has 8 nitrogen and oxygen atoms in total.